The van der Waals surface area contributed by atoms with Gasteiger partial charge in [0, 0.05) is 12.8 Å². The molecular formula is C16H19NO4. The van der Waals surface area contributed by atoms with E-state index < -0.39 is 17.7 Å². The maximum absolute atomic E-state index is 12.5. The molecule has 1 heterocycles. The quantitative estimate of drug-likeness (QED) is 0.836. The molecule has 0 aliphatic carbocycles. The van der Waals surface area contributed by atoms with Gasteiger partial charge in [-0.1, -0.05) is 30.3 Å². The Morgan fingerprint density at radius 3 is 2.48 bits per heavy atom. The Labute approximate surface area is 123 Å². The third kappa shape index (κ3) is 2.96. The number of carbonyl (C=O) groups is 3. The summed E-state index contributed by atoms with van der Waals surface area (Å²) in [5.74, 6) is -0.417. The van der Waals surface area contributed by atoms with Gasteiger partial charge in [-0.05, 0) is 26.3 Å². The normalized spacial score (nSPS) is 23.1. The zero-order chi connectivity index (χ0) is 15.6. The van der Waals surface area contributed by atoms with Crippen molar-refractivity contribution in [1.29, 1.82) is 0 Å². The van der Waals surface area contributed by atoms with Crippen molar-refractivity contribution in [3.05, 3.63) is 35.9 Å². The molecule has 1 fully saturated rings. The minimum atomic E-state index is -1.24. The van der Waals surface area contributed by atoms with Crippen LogP contribution in [0.1, 0.15) is 45.2 Å². The molecule has 0 bridgehead atoms. The van der Waals surface area contributed by atoms with Gasteiger partial charge in [0.15, 0.2) is 5.60 Å². The minimum absolute atomic E-state index is 0.0327. The number of nitrogens with zero attached hydrogens (tertiary/aromatic N) is 1. The third-order valence-corrected chi connectivity index (χ3v) is 3.80. The van der Waals surface area contributed by atoms with Crippen LogP contribution in [-0.4, -0.2) is 28.3 Å². The van der Waals surface area contributed by atoms with E-state index in [4.69, 9.17) is 4.74 Å². The lowest BCUT2D eigenvalue weighted by Gasteiger charge is -2.22. The average Bonchev–Trinajstić information content (AvgIpc) is 2.68. The van der Waals surface area contributed by atoms with Crippen molar-refractivity contribution in [3.8, 4) is 0 Å². The van der Waals surface area contributed by atoms with E-state index in [0.717, 1.165) is 10.5 Å². The molecule has 21 heavy (non-hydrogen) atoms. The predicted octanol–water partition coefficient (Wildman–Crippen LogP) is 2.85. The number of hydrogen-bond acceptors (Lipinski definition) is 4. The number of Topliss-reactive ketones (excluding diaryl/α,β-unsaturated/α-hetero) is 1. The molecule has 1 saturated heterocycles. The van der Waals surface area contributed by atoms with E-state index in [1.54, 1.807) is 13.8 Å². The van der Waals surface area contributed by atoms with E-state index in [2.05, 4.69) is 0 Å². The number of hydrogen-bond donors (Lipinski definition) is 0. The second-order valence-corrected chi connectivity index (χ2v) is 5.56. The molecule has 1 aromatic carbocycles. The smallest absolute Gasteiger partial charge is 0.418 e. The standard InChI is InChI=1S/C16H19NO4/c1-11(18)9-10-16(3)14(19)17(15(20)21-16)12(2)13-7-5-4-6-8-13/h4-8,12H,9-10H2,1-3H3/t12-,16-/m0/s1. The Kier molecular flexibility index (Phi) is 4.11. The first-order valence-electron chi connectivity index (χ1n) is 6.96. The molecule has 2 rings (SSSR count). The molecule has 1 aromatic rings. The average molecular weight is 289 g/mol. The fraction of sp³-hybridized carbons (Fsp3) is 0.438. The van der Waals surface area contributed by atoms with Crippen LogP contribution >= 0.6 is 0 Å². The van der Waals surface area contributed by atoms with Gasteiger partial charge in [-0.25, -0.2) is 9.69 Å². The van der Waals surface area contributed by atoms with Gasteiger partial charge in [0.1, 0.15) is 5.78 Å². The maximum atomic E-state index is 12.5. The van der Waals surface area contributed by atoms with Crippen molar-refractivity contribution in [2.45, 2.75) is 45.3 Å². The third-order valence-electron chi connectivity index (χ3n) is 3.80. The number of rotatable bonds is 5. The molecule has 0 spiro atoms. The van der Waals surface area contributed by atoms with Gasteiger partial charge in [0.05, 0.1) is 6.04 Å². The molecule has 2 atom stereocenters. The number of imide groups is 1. The highest BCUT2D eigenvalue weighted by atomic mass is 16.6. The Bertz CT molecular complexity index is 569. The lowest BCUT2D eigenvalue weighted by atomic mass is 9.97. The molecule has 0 unspecified atom stereocenters. The zero-order valence-electron chi connectivity index (χ0n) is 12.5. The first-order chi connectivity index (χ1) is 9.85. The summed E-state index contributed by atoms with van der Waals surface area (Å²) in [7, 11) is 0. The second kappa shape index (κ2) is 5.68. The highest BCUT2D eigenvalue weighted by Gasteiger charge is 2.52. The topological polar surface area (TPSA) is 63.7 Å². The van der Waals surface area contributed by atoms with Crippen LogP contribution in [-0.2, 0) is 14.3 Å². The lowest BCUT2D eigenvalue weighted by molar-refractivity contribution is -0.137. The molecule has 0 saturated carbocycles. The van der Waals surface area contributed by atoms with Crippen LogP contribution < -0.4 is 0 Å². The van der Waals surface area contributed by atoms with Gasteiger partial charge >= 0.3 is 6.09 Å². The van der Waals surface area contributed by atoms with Crippen LogP contribution in [0.15, 0.2) is 30.3 Å². The summed E-state index contributed by atoms with van der Waals surface area (Å²) in [6, 6.07) is 8.90. The van der Waals surface area contributed by atoms with Crippen LogP contribution in [0, 0.1) is 0 Å². The molecule has 0 aromatic heterocycles. The second-order valence-electron chi connectivity index (χ2n) is 5.56. The minimum Gasteiger partial charge on any atom is -0.433 e. The van der Waals surface area contributed by atoms with E-state index in [9.17, 15) is 14.4 Å². The van der Waals surface area contributed by atoms with E-state index in [-0.39, 0.29) is 24.5 Å². The van der Waals surface area contributed by atoms with Crippen LogP contribution in [0.3, 0.4) is 0 Å². The summed E-state index contributed by atoms with van der Waals surface area (Å²) >= 11 is 0. The number of amides is 2. The Balaban J connectivity index is 2.20. The van der Waals surface area contributed by atoms with Crippen molar-refractivity contribution in [1.82, 2.24) is 4.90 Å². The van der Waals surface area contributed by atoms with Crippen molar-refractivity contribution in [2.24, 2.45) is 0 Å². The van der Waals surface area contributed by atoms with Gasteiger partial charge in [-0.15, -0.1) is 0 Å². The molecule has 5 nitrogen and oxygen atoms in total. The largest absolute Gasteiger partial charge is 0.433 e. The van der Waals surface area contributed by atoms with Gasteiger partial charge < -0.3 is 9.53 Å². The summed E-state index contributed by atoms with van der Waals surface area (Å²) < 4.78 is 5.25. The summed E-state index contributed by atoms with van der Waals surface area (Å²) in [6.07, 6.45) is -0.226. The number of cyclic esters (lactones) is 1. The monoisotopic (exact) mass is 289 g/mol. The zero-order valence-corrected chi connectivity index (χ0v) is 12.5. The predicted molar refractivity (Wildman–Crippen MR) is 76.5 cm³/mol. The van der Waals surface area contributed by atoms with Crippen molar-refractivity contribution in [2.75, 3.05) is 0 Å². The molecule has 112 valence electrons. The van der Waals surface area contributed by atoms with Gasteiger partial charge in [-0.3, -0.25) is 4.79 Å². The summed E-state index contributed by atoms with van der Waals surface area (Å²) in [5, 5.41) is 0. The van der Waals surface area contributed by atoms with Crippen LogP contribution in [0.25, 0.3) is 0 Å². The highest BCUT2D eigenvalue weighted by Crippen LogP contribution is 2.34. The van der Waals surface area contributed by atoms with Crippen molar-refractivity contribution < 1.29 is 19.1 Å². The Hall–Kier alpha value is -2.17. The molecule has 5 heteroatoms. The van der Waals surface area contributed by atoms with Gasteiger partial charge in [0.2, 0.25) is 0 Å². The Morgan fingerprint density at radius 1 is 1.29 bits per heavy atom. The lowest BCUT2D eigenvalue weighted by Crippen LogP contribution is -2.40. The summed E-state index contributed by atoms with van der Waals surface area (Å²) in [5.41, 5.74) is -0.384. The van der Waals surface area contributed by atoms with Crippen LogP contribution in [0.4, 0.5) is 4.79 Å². The SMILES string of the molecule is CC(=O)CC[C@]1(C)OC(=O)N([C@@H](C)c2ccccc2)C1=O. The number of ketones is 1. The fourth-order valence-corrected chi connectivity index (χ4v) is 2.41. The molecular weight excluding hydrogens is 270 g/mol. The number of benzene rings is 1. The molecule has 0 N–H and O–H groups in total. The van der Waals surface area contributed by atoms with E-state index >= 15 is 0 Å². The number of carbonyl (C=O) groups excluding carboxylic acids is 3. The first kappa shape index (κ1) is 15.2. The summed E-state index contributed by atoms with van der Waals surface area (Å²) in [6.45, 7) is 4.80. The number of ether oxygens (including phenoxy) is 1. The highest BCUT2D eigenvalue weighted by molar-refractivity contribution is 6.03. The van der Waals surface area contributed by atoms with Crippen molar-refractivity contribution >= 4 is 17.8 Å². The van der Waals surface area contributed by atoms with Gasteiger partial charge in [-0.2, -0.15) is 0 Å². The molecule has 0 radical (unpaired) electrons. The van der Waals surface area contributed by atoms with Crippen LogP contribution in [0.2, 0.25) is 0 Å². The molecule has 1 aliphatic rings. The van der Waals surface area contributed by atoms with E-state index in [0.29, 0.717) is 0 Å². The fourth-order valence-electron chi connectivity index (χ4n) is 2.41. The maximum Gasteiger partial charge on any atom is 0.418 e. The van der Waals surface area contributed by atoms with E-state index in [1.165, 1.54) is 6.92 Å². The van der Waals surface area contributed by atoms with Crippen LogP contribution in [0.5, 0.6) is 0 Å². The van der Waals surface area contributed by atoms with Gasteiger partial charge in [0.25, 0.3) is 5.91 Å². The van der Waals surface area contributed by atoms with Crippen molar-refractivity contribution in [3.63, 3.8) is 0 Å². The molecule has 2 amide bonds. The molecule has 1 aliphatic heterocycles. The summed E-state index contributed by atoms with van der Waals surface area (Å²) in [4.78, 5) is 36.8. The van der Waals surface area contributed by atoms with E-state index in [1.807, 2.05) is 30.3 Å². The first-order valence-corrected chi connectivity index (χ1v) is 6.96. The Morgan fingerprint density at radius 2 is 1.90 bits per heavy atom.